The molecule has 3 atom stereocenters. The highest BCUT2D eigenvalue weighted by Crippen LogP contribution is 2.43. The molecule has 0 aliphatic heterocycles. The van der Waals surface area contributed by atoms with Gasteiger partial charge in [0.1, 0.15) is 12.7 Å². The van der Waals surface area contributed by atoms with E-state index in [4.69, 9.17) is 13.8 Å². The predicted octanol–water partition coefficient (Wildman–Crippen LogP) is 15.0. The van der Waals surface area contributed by atoms with Crippen molar-refractivity contribution in [2.24, 2.45) is 0 Å². The Bertz CT molecular complexity index is 1470. The number of phosphoric ester groups is 1. The number of carboxylic acid groups (broad SMARTS) is 1. The first kappa shape index (κ1) is 64.7. The van der Waals surface area contributed by atoms with Crippen LogP contribution in [0.1, 0.15) is 219 Å². The fraction of sp³-hybridized carbons (Fsp3) is 0.696. The fourth-order valence-electron chi connectivity index (χ4n) is 7.08. The van der Waals surface area contributed by atoms with E-state index in [2.05, 4.69) is 104 Å². The molecule has 0 saturated heterocycles. The third-order valence-corrected chi connectivity index (χ3v) is 12.1. The van der Waals surface area contributed by atoms with Crippen LogP contribution in [-0.2, 0) is 32.7 Å². The zero-order valence-electron chi connectivity index (χ0n) is 42.6. The van der Waals surface area contributed by atoms with Crippen LogP contribution >= 0.6 is 7.82 Å². The number of hydrogen-bond donors (Lipinski definition) is 4. The van der Waals surface area contributed by atoms with Crippen LogP contribution in [0.5, 0.6) is 0 Å². The van der Waals surface area contributed by atoms with Crippen LogP contribution < -0.4 is 5.32 Å². The highest BCUT2D eigenvalue weighted by Gasteiger charge is 2.28. The van der Waals surface area contributed by atoms with E-state index in [0.717, 1.165) is 89.9 Å². The summed E-state index contributed by atoms with van der Waals surface area (Å²) in [7, 11) is -4.78. The molecule has 0 aromatic rings. The highest BCUT2D eigenvalue weighted by molar-refractivity contribution is 7.47. The summed E-state index contributed by atoms with van der Waals surface area (Å²) in [6, 6.07) is -1.56. The number of carbonyl (C=O) groups excluding carboxylic acids is 2. The molecule has 0 heterocycles. The Hall–Kier alpha value is -3.34. The van der Waals surface area contributed by atoms with Crippen molar-refractivity contribution in [2.45, 2.75) is 231 Å². The average molecular weight is 974 g/mol. The number of hydrogen-bond acceptors (Lipinski definition) is 8. The second-order valence-electron chi connectivity index (χ2n) is 17.7. The molecule has 11 nitrogen and oxygen atoms in total. The number of carbonyl (C=O) groups is 3. The maximum atomic E-state index is 12.4. The highest BCUT2D eigenvalue weighted by atomic mass is 31.2. The summed E-state index contributed by atoms with van der Waals surface area (Å²) >= 11 is 0. The smallest absolute Gasteiger partial charge is 0.472 e. The lowest BCUT2D eigenvalue weighted by molar-refractivity contribution is -0.147. The predicted molar refractivity (Wildman–Crippen MR) is 281 cm³/mol. The van der Waals surface area contributed by atoms with E-state index >= 15 is 0 Å². The van der Waals surface area contributed by atoms with Gasteiger partial charge >= 0.3 is 19.8 Å². The lowest BCUT2D eigenvalue weighted by Crippen LogP contribution is -2.43. The van der Waals surface area contributed by atoms with Crippen LogP contribution in [0.3, 0.4) is 0 Å². The van der Waals surface area contributed by atoms with E-state index in [1.807, 2.05) is 0 Å². The van der Waals surface area contributed by atoms with Crippen LogP contribution in [0, 0.1) is 0 Å². The number of aliphatic hydroxyl groups excluding tert-OH is 1. The van der Waals surface area contributed by atoms with Crippen LogP contribution in [0.4, 0.5) is 0 Å². The first-order valence-electron chi connectivity index (χ1n) is 26.6. The van der Waals surface area contributed by atoms with Crippen molar-refractivity contribution in [2.75, 3.05) is 19.8 Å². The van der Waals surface area contributed by atoms with Gasteiger partial charge in [0.2, 0.25) is 5.91 Å². The summed E-state index contributed by atoms with van der Waals surface area (Å²) in [4.78, 5) is 46.2. The minimum atomic E-state index is -4.78. The van der Waals surface area contributed by atoms with Gasteiger partial charge in [-0.1, -0.05) is 202 Å². The van der Waals surface area contributed by atoms with Crippen molar-refractivity contribution in [3.8, 4) is 0 Å². The molecule has 390 valence electrons. The van der Waals surface area contributed by atoms with Gasteiger partial charge in [0.25, 0.3) is 0 Å². The molecule has 3 unspecified atom stereocenters. The number of rotatable bonds is 49. The molecule has 0 spiro atoms. The van der Waals surface area contributed by atoms with Crippen molar-refractivity contribution in [3.05, 3.63) is 85.1 Å². The number of ether oxygens (including phenoxy) is 1. The zero-order valence-corrected chi connectivity index (χ0v) is 43.5. The molecule has 1 amide bonds. The first-order valence-corrected chi connectivity index (χ1v) is 28.1. The molecule has 4 N–H and O–H groups in total. The molecule has 68 heavy (non-hydrogen) atoms. The molecule has 0 bridgehead atoms. The van der Waals surface area contributed by atoms with Gasteiger partial charge in [-0.05, 0) is 89.9 Å². The van der Waals surface area contributed by atoms with E-state index in [1.165, 1.54) is 89.9 Å². The molecule has 0 fully saturated rings. The number of esters is 1. The fourth-order valence-corrected chi connectivity index (χ4v) is 7.85. The van der Waals surface area contributed by atoms with E-state index in [-0.39, 0.29) is 12.8 Å². The lowest BCUT2D eigenvalue weighted by atomic mass is 10.0. The normalized spacial score (nSPS) is 14.2. The summed E-state index contributed by atoms with van der Waals surface area (Å²) in [6.07, 6.45) is 63.2. The van der Waals surface area contributed by atoms with Crippen molar-refractivity contribution < 1.29 is 47.8 Å². The van der Waals surface area contributed by atoms with Gasteiger partial charge < -0.3 is 25.2 Å². The maximum absolute atomic E-state index is 12.4. The standard InChI is InChI=1S/C56H96NO10P/c1-3-5-7-9-11-13-15-17-19-21-23-25-26-28-30-32-34-36-38-40-42-44-46-48-55(60)65-49-52(58)50-66-68(63,64)67-51-53(56(61)62)57-54(59)47-45-43-41-39-37-35-33-31-29-27-24-22-20-18-16-14-12-10-8-6-4-2/h6,8,11-14,17-20,24,27,31,33,52-53,58H,3-5,7,9-10,15-16,21-23,25-26,28-30,32,34-51H2,1-2H3,(H,57,59)(H,61,62)(H,63,64)/b8-6-,13-11-,14-12-,19-17-,20-18-,27-24-,33-31-. The molecule has 0 aliphatic carbocycles. The van der Waals surface area contributed by atoms with Gasteiger partial charge in [0, 0.05) is 12.8 Å². The third kappa shape index (κ3) is 49.1. The molecule has 0 aliphatic rings. The van der Waals surface area contributed by atoms with E-state index in [1.54, 1.807) is 0 Å². The number of phosphoric acid groups is 1. The SMILES string of the molecule is CC/C=C\C/C=C\C/C=C\C/C=C\C/C=C\CCCCCCCC(=O)NC(COP(=O)(O)OCC(O)COC(=O)CCCCCCCCCCCCCCC/C=C\C/C=C\CCCCC)C(=O)O. The molecule has 0 radical (unpaired) electrons. The van der Waals surface area contributed by atoms with Gasteiger partial charge in [0.15, 0.2) is 6.04 Å². The second kappa shape index (κ2) is 50.1. The zero-order chi connectivity index (χ0) is 49.9. The summed E-state index contributed by atoms with van der Waals surface area (Å²) in [5.41, 5.74) is 0. The molecule has 0 saturated carbocycles. The molecule has 0 aromatic heterocycles. The minimum Gasteiger partial charge on any atom is -0.480 e. The van der Waals surface area contributed by atoms with E-state index < -0.39 is 57.6 Å². The van der Waals surface area contributed by atoms with E-state index in [0.29, 0.717) is 12.8 Å². The summed E-state index contributed by atoms with van der Waals surface area (Å²) in [5.74, 6) is -2.40. The summed E-state index contributed by atoms with van der Waals surface area (Å²) in [6.45, 7) is 2.46. The third-order valence-electron chi connectivity index (χ3n) is 11.2. The second-order valence-corrected chi connectivity index (χ2v) is 19.1. The van der Waals surface area contributed by atoms with Crippen LogP contribution in [0.25, 0.3) is 0 Å². The van der Waals surface area contributed by atoms with Gasteiger partial charge in [0.05, 0.1) is 13.2 Å². The Morgan fingerprint density at radius 2 is 0.853 bits per heavy atom. The number of allylic oxidation sites excluding steroid dienone is 14. The Morgan fingerprint density at radius 3 is 1.28 bits per heavy atom. The Morgan fingerprint density at radius 1 is 0.485 bits per heavy atom. The van der Waals surface area contributed by atoms with Crippen LogP contribution in [0.15, 0.2) is 85.1 Å². The minimum absolute atomic E-state index is 0.119. The molecular weight excluding hydrogens is 878 g/mol. The number of unbranched alkanes of at least 4 members (excludes halogenated alkanes) is 21. The largest absolute Gasteiger partial charge is 0.480 e. The van der Waals surface area contributed by atoms with Crippen molar-refractivity contribution in [1.29, 1.82) is 0 Å². The van der Waals surface area contributed by atoms with Gasteiger partial charge in [-0.15, -0.1) is 0 Å². The van der Waals surface area contributed by atoms with Crippen molar-refractivity contribution >= 4 is 25.7 Å². The Balaban J connectivity index is 3.85. The summed E-state index contributed by atoms with van der Waals surface area (Å²) < 4.78 is 27.0. The Kier molecular flexibility index (Phi) is 47.6. The number of nitrogens with one attached hydrogen (secondary N) is 1. The van der Waals surface area contributed by atoms with E-state index in [9.17, 15) is 34.1 Å². The average Bonchev–Trinajstić information content (AvgIpc) is 3.32. The number of aliphatic carboxylic acids is 1. The molecular formula is C56H96NO10P. The number of amides is 1. The van der Waals surface area contributed by atoms with Crippen LogP contribution in [0.2, 0.25) is 0 Å². The lowest BCUT2D eigenvalue weighted by Gasteiger charge is -2.18. The van der Waals surface area contributed by atoms with Gasteiger partial charge in [-0.3, -0.25) is 18.6 Å². The van der Waals surface area contributed by atoms with Gasteiger partial charge in [-0.25, -0.2) is 9.36 Å². The van der Waals surface area contributed by atoms with Crippen molar-refractivity contribution in [3.63, 3.8) is 0 Å². The van der Waals surface area contributed by atoms with Crippen molar-refractivity contribution in [1.82, 2.24) is 5.32 Å². The Labute approximate surface area is 413 Å². The topological polar surface area (TPSA) is 169 Å². The molecule has 0 aromatic carbocycles. The first-order chi connectivity index (χ1) is 33.1. The quantitative estimate of drug-likeness (QED) is 0.0199. The monoisotopic (exact) mass is 974 g/mol. The molecule has 12 heteroatoms. The number of carboxylic acids is 1. The molecule has 0 rings (SSSR count). The maximum Gasteiger partial charge on any atom is 0.472 e. The van der Waals surface area contributed by atoms with Gasteiger partial charge in [-0.2, -0.15) is 0 Å². The number of aliphatic hydroxyl groups is 1. The van der Waals surface area contributed by atoms with Crippen LogP contribution in [-0.4, -0.2) is 64.9 Å². The summed E-state index contributed by atoms with van der Waals surface area (Å²) in [5, 5.41) is 21.9.